The Balaban J connectivity index is 2.32. The average molecular weight is 417 g/mol. The second-order valence-electron chi connectivity index (χ2n) is 4.34. The number of nitro benzene ring substituents is 1. The van der Waals surface area contributed by atoms with Gasteiger partial charge in [-0.05, 0) is 59.3 Å². The minimum absolute atomic E-state index is 0.0278. The third kappa shape index (κ3) is 3.70. The maximum atomic E-state index is 12.2. The van der Waals surface area contributed by atoms with Crippen molar-refractivity contribution < 1.29 is 9.72 Å². The number of nitrogens with zero attached hydrogens (tertiary/aromatic N) is 1. The number of anilines is 1. The maximum absolute atomic E-state index is 12.2. The van der Waals surface area contributed by atoms with Gasteiger partial charge in [0.05, 0.1) is 4.92 Å². The molecular formula is C14H10ClIN2O3. The van der Waals surface area contributed by atoms with E-state index in [1.165, 1.54) is 12.1 Å². The number of hydrogen-bond donors (Lipinski definition) is 1. The fraction of sp³-hybridized carbons (Fsp3) is 0.0714. The van der Waals surface area contributed by atoms with Crippen LogP contribution in [0.2, 0.25) is 5.02 Å². The molecule has 21 heavy (non-hydrogen) atoms. The van der Waals surface area contributed by atoms with Crippen LogP contribution >= 0.6 is 34.2 Å². The minimum atomic E-state index is -0.625. The Morgan fingerprint density at radius 2 is 2.00 bits per heavy atom. The molecule has 0 atom stereocenters. The largest absolute Gasteiger partial charge is 0.322 e. The van der Waals surface area contributed by atoms with E-state index in [4.69, 9.17) is 11.6 Å². The van der Waals surface area contributed by atoms with Crippen LogP contribution < -0.4 is 5.32 Å². The highest BCUT2D eigenvalue weighted by atomic mass is 127. The van der Waals surface area contributed by atoms with E-state index in [9.17, 15) is 14.9 Å². The van der Waals surface area contributed by atoms with Crippen LogP contribution in [0.3, 0.4) is 0 Å². The number of aryl methyl sites for hydroxylation is 1. The Kier molecular flexibility index (Phi) is 4.79. The Labute approximate surface area is 139 Å². The van der Waals surface area contributed by atoms with Gasteiger partial charge in [0.2, 0.25) is 0 Å². The van der Waals surface area contributed by atoms with Crippen LogP contribution in [0.25, 0.3) is 0 Å². The summed E-state index contributed by atoms with van der Waals surface area (Å²) in [6.07, 6.45) is 0. The van der Waals surface area contributed by atoms with Crippen molar-refractivity contribution in [1.29, 1.82) is 0 Å². The molecule has 7 heteroatoms. The predicted octanol–water partition coefficient (Wildman–Crippen LogP) is 4.41. The molecule has 2 rings (SSSR count). The number of benzene rings is 2. The first-order valence-electron chi connectivity index (χ1n) is 5.90. The molecule has 0 saturated heterocycles. The highest BCUT2D eigenvalue weighted by molar-refractivity contribution is 14.1. The molecule has 2 aromatic carbocycles. The first-order chi connectivity index (χ1) is 9.88. The summed E-state index contributed by atoms with van der Waals surface area (Å²) in [5.74, 6) is -0.544. The summed E-state index contributed by atoms with van der Waals surface area (Å²) in [5.41, 5.74) is 1.33. The summed E-state index contributed by atoms with van der Waals surface area (Å²) in [6.45, 7) is 1.96. The van der Waals surface area contributed by atoms with Gasteiger partial charge in [-0.15, -0.1) is 0 Å². The second-order valence-corrected chi connectivity index (χ2v) is 5.94. The van der Waals surface area contributed by atoms with Crippen molar-refractivity contribution in [3.63, 3.8) is 0 Å². The van der Waals surface area contributed by atoms with Gasteiger partial charge in [0.1, 0.15) is 5.56 Å². The van der Waals surface area contributed by atoms with Gasteiger partial charge >= 0.3 is 0 Å². The van der Waals surface area contributed by atoms with E-state index in [-0.39, 0.29) is 16.3 Å². The summed E-state index contributed by atoms with van der Waals surface area (Å²) in [7, 11) is 0. The summed E-state index contributed by atoms with van der Waals surface area (Å²) >= 11 is 7.88. The third-order valence-corrected chi connectivity index (χ3v) is 4.23. The molecule has 1 amide bonds. The van der Waals surface area contributed by atoms with Gasteiger partial charge in [-0.3, -0.25) is 14.9 Å². The molecule has 2 aromatic rings. The van der Waals surface area contributed by atoms with Crippen molar-refractivity contribution in [2.45, 2.75) is 6.92 Å². The fourth-order valence-corrected chi connectivity index (χ4v) is 2.40. The lowest BCUT2D eigenvalue weighted by molar-refractivity contribution is -0.385. The van der Waals surface area contributed by atoms with E-state index in [2.05, 4.69) is 27.9 Å². The molecule has 0 heterocycles. The molecule has 0 bridgehead atoms. The molecule has 0 aliphatic carbocycles. The standard InChI is InChI=1S/C14H10ClIN2O3/c1-8-2-4-10(7-12(8)16)17-14(19)11-5-3-9(15)6-13(11)18(20)21/h2-7H,1H3,(H,17,19). The van der Waals surface area contributed by atoms with Gasteiger partial charge in [0.15, 0.2) is 0 Å². The molecule has 0 saturated carbocycles. The molecule has 1 N–H and O–H groups in total. The Morgan fingerprint density at radius 1 is 1.29 bits per heavy atom. The summed E-state index contributed by atoms with van der Waals surface area (Å²) in [6, 6.07) is 9.37. The second kappa shape index (κ2) is 6.40. The number of nitro groups is 1. The first-order valence-corrected chi connectivity index (χ1v) is 7.35. The first kappa shape index (κ1) is 15.7. The highest BCUT2D eigenvalue weighted by Gasteiger charge is 2.20. The Bertz CT molecular complexity index is 734. The van der Waals surface area contributed by atoms with Crippen LogP contribution in [-0.4, -0.2) is 10.8 Å². The van der Waals surface area contributed by atoms with Crippen molar-refractivity contribution >= 4 is 51.5 Å². The number of nitrogens with one attached hydrogen (secondary N) is 1. The van der Waals surface area contributed by atoms with E-state index in [0.717, 1.165) is 15.2 Å². The quantitative estimate of drug-likeness (QED) is 0.457. The molecule has 0 aliphatic heterocycles. The molecule has 0 aliphatic rings. The fourth-order valence-electron chi connectivity index (χ4n) is 1.72. The van der Waals surface area contributed by atoms with Crippen molar-refractivity contribution in [2.24, 2.45) is 0 Å². The zero-order valence-corrected chi connectivity index (χ0v) is 13.8. The lowest BCUT2D eigenvalue weighted by Crippen LogP contribution is -2.14. The lowest BCUT2D eigenvalue weighted by atomic mass is 10.1. The summed E-state index contributed by atoms with van der Waals surface area (Å²) < 4.78 is 0.996. The molecule has 0 radical (unpaired) electrons. The van der Waals surface area contributed by atoms with Crippen LogP contribution in [0, 0.1) is 20.6 Å². The molecule has 0 aromatic heterocycles. The molecule has 0 spiro atoms. The van der Waals surface area contributed by atoms with Crippen LogP contribution in [-0.2, 0) is 0 Å². The zero-order valence-electron chi connectivity index (χ0n) is 10.9. The zero-order chi connectivity index (χ0) is 15.6. The summed E-state index contributed by atoms with van der Waals surface area (Å²) in [5, 5.41) is 13.9. The van der Waals surface area contributed by atoms with Gasteiger partial charge in [-0.1, -0.05) is 17.7 Å². The molecule has 0 unspecified atom stereocenters. The number of carbonyl (C=O) groups excluding carboxylic acids is 1. The number of hydrogen-bond acceptors (Lipinski definition) is 3. The van der Waals surface area contributed by atoms with Gasteiger partial charge < -0.3 is 5.32 Å². The molecule has 5 nitrogen and oxygen atoms in total. The Hall–Kier alpha value is -1.67. The van der Waals surface area contributed by atoms with E-state index < -0.39 is 10.8 Å². The smallest absolute Gasteiger partial charge is 0.283 e. The van der Waals surface area contributed by atoms with Gasteiger partial charge in [-0.25, -0.2) is 0 Å². The predicted molar refractivity (Wildman–Crippen MR) is 90.0 cm³/mol. The SMILES string of the molecule is Cc1ccc(NC(=O)c2ccc(Cl)cc2[N+](=O)[O-])cc1I. The van der Waals surface area contributed by atoms with Crippen LogP contribution in [0.4, 0.5) is 11.4 Å². The van der Waals surface area contributed by atoms with Crippen molar-refractivity contribution in [2.75, 3.05) is 5.32 Å². The van der Waals surface area contributed by atoms with Crippen LogP contribution in [0.15, 0.2) is 36.4 Å². The number of rotatable bonds is 3. The van der Waals surface area contributed by atoms with E-state index >= 15 is 0 Å². The van der Waals surface area contributed by atoms with Gasteiger partial charge in [-0.2, -0.15) is 0 Å². The summed E-state index contributed by atoms with van der Waals surface area (Å²) in [4.78, 5) is 22.6. The lowest BCUT2D eigenvalue weighted by Gasteiger charge is -2.07. The van der Waals surface area contributed by atoms with E-state index in [0.29, 0.717) is 5.69 Å². The van der Waals surface area contributed by atoms with Crippen molar-refractivity contribution in [3.05, 3.63) is 66.2 Å². The van der Waals surface area contributed by atoms with Crippen molar-refractivity contribution in [3.8, 4) is 0 Å². The number of amides is 1. The monoisotopic (exact) mass is 416 g/mol. The molecule has 0 fully saturated rings. The number of carbonyl (C=O) groups is 1. The van der Waals surface area contributed by atoms with Crippen molar-refractivity contribution in [1.82, 2.24) is 0 Å². The normalized spacial score (nSPS) is 10.2. The van der Waals surface area contributed by atoms with E-state index in [1.54, 1.807) is 12.1 Å². The Morgan fingerprint density at radius 3 is 2.62 bits per heavy atom. The van der Waals surface area contributed by atoms with Gasteiger partial charge in [0.25, 0.3) is 11.6 Å². The number of halogens is 2. The van der Waals surface area contributed by atoms with Crippen LogP contribution in [0.1, 0.15) is 15.9 Å². The maximum Gasteiger partial charge on any atom is 0.283 e. The topological polar surface area (TPSA) is 72.2 Å². The molecular weight excluding hydrogens is 407 g/mol. The minimum Gasteiger partial charge on any atom is -0.322 e. The molecule has 108 valence electrons. The highest BCUT2D eigenvalue weighted by Crippen LogP contribution is 2.25. The average Bonchev–Trinajstić information content (AvgIpc) is 2.42. The van der Waals surface area contributed by atoms with E-state index in [1.807, 2.05) is 13.0 Å². The third-order valence-electron chi connectivity index (χ3n) is 2.83. The van der Waals surface area contributed by atoms with Gasteiger partial charge in [0, 0.05) is 20.3 Å². The van der Waals surface area contributed by atoms with Crippen LogP contribution in [0.5, 0.6) is 0 Å².